The maximum atomic E-state index is 12.8. The second-order valence-electron chi connectivity index (χ2n) is 6.53. The van der Waals surface area contributed by atoms with Gasteiger partial charge in [0, 0.05) is 16.9 Å². The smallest absolute Gasteiger partial charge is 0.322 e. The molecule has 3 aromatic rings. The highest BCUT2D eigenvalue weighted by Crippen LogP contribution is 2.29. The number of alkyl halides is 3. The number of halogens is 3. The standard InChI is InChI=1S/C21H17F3N2O3S/c1-14-5-11-19(12-6-14)30(28,29)26-18-9-7-17(8-10-18)25-20(27)15-3-2-4-16(13-15)21(22,23)24/h2-13,26H,1H3,(H,25,27). The first kappa shape index (κ1) is 21.4. The Hall–Kier alpha value is -3.33. The molecule has 0 atom stereocenters. The third-order valence-corrected chi connectivity index (χ3v) is 5.58. The van der Waals surface area contributed by atoms with Crippen LogP contribution in [0.4, 0.5) is 24.5 Å². The summed E-state index contributed by atoms with van der Waals surface area (Å²) in [6.07, 6.45) is -4.55. The lowest BCUT2D eigenvalue weighted by atomic mass is 10.1. The summed E-state index contributed by atoms with van der Waals surface area (Å²) in [5.41, 5.74) is 0.433. The van der Waals surface area contributed by atoms with Gasteiger partial charge >= 0.3 is 6.18 Å². The molecule has 0 spiro atoms. The summed E-state index contributed by atoms with van der Waals surface area (Å²) in [4.78, 5) is 12.3. The van der Waals surface area contributed by atoms with Gasteiger partial charge in [0.05, 0.1) is 10.5 Å². The summed E-state index contributed by atoms with van der Waals surface area (Å²) in [5, 5.41) is 2.48. The lowest BCUT2D eigenvalue weighted by molar-refractivity contribution is -0.137. The van der Waals surface area contributed by atoms with Gasteiger partial charge in [-0.3, -0.25) is 9.52 Å². The molecule has 0 saturated carbocycles. The summed E-state index contributed by atoms with van der Waals surface area (Å²) in [6, 6.07) is 16.2. The average Bonchev–Trinajstić information content (AvgIpc) is 2.69. The Balaban J connectivity index is 1.70. The van der Waals surface area contributed by atoms with Crippen LogP contribution in [0.5, 0.6) is 0 Å². The van der Waals surface area contributed by atoms with Crippen molar-refractivity contribution in [2.24, 2.45) is 0 Å². The van der Waals surface area contributed by atoms with Gasteiger partial charge in [-0.2, -0.15) is 13.2 Å². The number of rotatable bonds is 5. The molecule has 0 unspecified atom stereocenters. The number of anilines is 2. The van der Waals surface area contributed by atoms with Crippen LogP contribution in [0, 0.1) is 6.92 Å². The van der Waals surface area contributed by atoms with Crippen molar-refractivity contribution in [3.63, 3.8) is 0 Å². The van der Waals surface area contributed by atoms with E-state index in [2.05, 4.69) is 10.0 Å². The summed E-state index contributed by atoms with van der Waals surface area (Å²) >= 11 is 0. The van der Waals surface area contributed by atoms with E-state index in [1.165, 1.54) is 42.5 Å². The van der Waals surface area contributed by atoms with Gasteiger partial charge < -0.3 is 5.32 Å². The van der Waals surface area contributed by atoms with Gasteiger partial charge in [-0.1, -0.05) is 23.8 Å². The van der Waals surface area contributed by atoms with Gasteiger partial charge in [0.2, 0.25) is 0 Å². The van der Waals surface area contributed by atoms with Crippen molar-refractivity contribution in [3.8, 4) is 0 Å². The van der Waals surface area contributed by atoms with Gasteiger partial charge in [-0.05, 0) is 61.5 Å². The summed E-state index contributed by atoms with van der Waals surface area (Å²) < 4.78 is 65.6. The predicted molar refractivity (Wildman–Crippen MR) is 108 cm³/mol. The fraction of sp³-hybridized carbons (Fsp3) is 0.0952. The SMILES string of the molecule is Cc1ccc(S(=O)(=O)Nc2ccc(NC(=O)c3cccc(C(F)(F)F)c3)cc2)cc1. The van der Waals surface area contributed by atoms with Gasteiger partial charge in [-0.15, -0.1) is 0 Å². The number of hydrogen-bond acceptors (Lipinski definition) is 3. The second kappa shape index (κ2) is 8.19. The van der Waals surface area contributed by atoms with E-state index in [9.17, 15) is 26.4 Å². The number of nitrogens with one attached hydrogen (secondary N) is 2. The second-order valence-corrected chi connectivity index (χ2v) is 8.21. The fourth-order valence-electron chi connectivity index (χ4n) is 2.59. The Morgan fingerprint density at radius 2 is 1.47 bits per heavy atom. The van der Waals surface area contributed by atoms with E-state index in [1.54, 1.807) is 12.1 Å². The normalized spacial score (nSPS) is 11.7. The molecule has 0 aliphatic carbocycles. The van der Waals surface area contributed by atoms with E-state index in [1.807, 2.05) is 6.92 Å². The highest BCUT2D eigenvalue weighted by atomic mass is 32.2. The van der Waals surface area contributed by atoms with E-state index in [0.717, 1.165) is 23.8 Å². The molecule has 0 saturated heterocycles. The third kappa shape index (κ3) is 5.18. The van der Waals surface area contributed by atoms with Gasteiger partial charge in [0.25, 0.3) is 15.9 Å². The van der Waals surface area contributed by atoms with Crippen molar-refractivity contribution >= 4 is 27.3 Å². The van der Waals surface area contributed by atoms with Gasteiger partial charge in [-0.25, -0.2) is 8.42 Å². The predicted octanol–water partition coefficient (Wildman–Crippen LogP) is 5.07. The quantitative estimate of drug-likeness (QED) is 0.589. The number of amides is 1. The number of hydrogen-bond donors (Lipinski definition) is 2. The number of benzene rings is 3. The first-order valence-corrected chi connectivity index (χ1v) is 10.2. The lowest BCUT2D eigenvalue weighted by Gasteiger charge is -2.11. The third-order valence-electron chi connectivity index (χ3n) is 4.18. The molecule has 0 radical (unpaired) electrons. The molecule has 0 aliphatic rings. The molecule has 0 aliphatic heterocycles. The molecule has 5 nitrogen and oxygen atoms in total. The van der Waals surface area contributed by atoms with Crippen LogP contribution in [0.3, 0.4) is 0 Å². The number of carbonyl (C=O) groups excluding carboxylic acids is 1. The monoisotopic (exact) mass is 434 g/mol. The molecule has 0 fully saturated rings. The molecule has 30 heavy (non-hydrogen) atoms. The minimum absolute atomic E-state index is 0.107. The first-order chi connectivity index (χ1) is 14.0. The van der Waals surface area contributed by atoms with Crippen LogP contribution in [0.15, 0.2) is 77.7 Å². The number of sulfonamides is 1. The Labute approximate surface area is 171 Å². The average molecular weight is 434 g/mol. The van der Waals surface area contributed by atoms with E-state index < -0.39 is 27.7 Å². The molecular weight excluding hydrogens is 417 g/mol. The molecule has 0 aromatic heterocycles. The molecular formula is C21H17F3N2O3S. The molecule has 3 aromatic carbocycles. The van der Waals surface area contributed by atoms with E-state index in [-0.39, 0.29) is 16.1 Å². The van der Waals surface area contributed by atoms with E-state index >= 15 is 0 Å². The van der Waals surface area contributed by atoms with Gasteiger partial charge in [0.15, 0.2) is 0 Å². The van der Waals surface area contributed by atoms with Gasteiger partial charge in [0.1, 0.15) is 0 Å². The molecule has 3 rings (SSSR count). The van der Waals surface area contributed by atoms with Crippen molar-refractivity contribution in [2.75, 3.05) is 10.0 Å². The molecule has 156 valence electrons. The molecule has 1 amide bonds. The van der Waals surface area contributed by atoms with Crippen LogP contribution in [0.1, 0.15) is 21.5 Å². The van der Waals surface area contributed by atoms with Crippen molar-refractivity contribution < 1.29 is 26.4 Å². The van der Waals surface area contributed by atoms with Crippen LogP contribution in [-0.2, 0) is 16.2 Å². The Bertz CT molecular complexity index is 1160. The van der Waals surface area contributed by atoms with Crippen molar-refractivity contribution in [3.05, 3.63) is 89.5 Å². The molecule has 9 heteroatoms. The van der Waals surface area contributed by atoms with E-state index in [4.69, 9.17) is 0 Å². The first-order valence-electron chi connectivity index (χ1n) is 8.73. The number of aryl methyl sites for hydroxylation is 1. The van der Waals surface area contributed by atoms with Crippen LogP contribution >= 0.6 is 0 Å². The zero-order valence-corrected chi connectivity index (χ0v) is 16.5. The largest absolute Gasteiger partial charge is 0.416 e. The summed E-state index contributed by atoms with van der Waals surface area (Å²) in [6.45, 7) is 1.84. The molecule has 2 N–H and O–H groups in total. The zero-order valence-electron chi connectivity index (χ0n) is 15.7. The zero-order chi connectivity index (χ0) is 21.9. The Kier molecular flexibility index (Phi) is 5.84. The van der Waals surface area contributed by atoms with E-state index in [0.29, 0.717) is 5.69 Å². The topological polar surface area (TPSA) is 75.3 Å². The minimum atomic E-state index is -4.55. The van der Waals surface area contributed by atoms with Crippen molar-refractivity contribution in [1.82, 2.24) is 0 Å². The summed E-state index contributed by atoms with van der Waals surface area (Å²) in [7, 11) is -3.77. The van der Waals surface area contributed by atoms with Crippen LogP contribution in [0.2, 0.25) is 0 Å². The number of carbonyl (C=O) groups is 1. The maximum Gasteiger partial charge on any atom is 0.416 e. The Morgan fingerprint density at radius 1 is 0.867 bits per heavy atom. The summed E-state index contributed by atoms with van der Waals surface area (Å²) in [5.74, 6) is -0.714. The van der Waals surface area contributed by atoms with Crippen LogP contribution in [0.25, 0.3) is 0 Å². The Morgan fingerprint density at radius 3 is 2.07 bits per heavy atom. The van der Waals surface area contributed by atoms with Crippen molar-refractivity contribution in [2.45, 2.75) is 18.0 Å². The molecule has 0 bridgehead atoms. The van der Waals surface area contributed by atoms with Crippen molar-refractivity contribution in [1.29, 1.82) is 0 Å². The lowest BCUT2D eigenvalue weighted by Crippen LogP contribution is -2.14. The maximum absolute atomic E-state index is 12.8. The highest BCUT2D eigenvalue weighted by Gasteiger charge is 2.30. The fourth-order valence-corrected chi connectivity index (χ4v) is 3.65. The minimum Gasteiger partial charge on any atom is -0.322 e. The molecule has 0 heterocycles. The van der Waals surface area contributed by atoms with Crippen LogP contribution in [-0.4, -0.2) is 14.3 Å². The highest BCUT2D eigenvalue weighted by molar-refractivity contribution is 7.92. The van der Waals surface area contributed by atoms with Crippen LogP contribution < -0.4 is 10.0 Å².